The van der Waals surface area contributed by atoms with Gasteiger partial charge in [-0.05, 0) is 44.5 Å². The number of fused-ring (bicyclic) bond motifs is 1. The minimum atomic E-state index is -0.708. The van der Waals surface area contributed by atoms with E-state index in [4.69, 9.17) is 4.74 Å². The fourth-order valence-electron chi connectivity index (χ4n) is 3.31. The Kier molecular flexibility index (Phi) is 7.07. The molecule has 0 bridgehead atoms. The number of rotatable bonds is 8. The van der Waals surface area contributed by atoms with Gasteiger partial charge in [0.15, 0.2) is 0 Å². The monoisotopic (exact) mass is 420 g/mol. The van der Waals surface area contributed by atoms with E-state index in [2.05, 4.69) is 40.3 Å². The average molecular weight is 421 g/mol. The molecule has 1 heterocycles. The summed E-state index contributed by atoms with van der Waals surface area (Å²) in [6.07, 6.45) is 3.83. The lowest BCUT2D eigenvalue weighted by Crippen LogP contribution is -2.43. The van der Waals surface area contributed by atoms with Crippen LogP contribution >= 0.6 is 0 Å². The van der Waals surface area contributed by atoms with Crippen LogP contribution in [0.1, 0.15) is 37.9 Å². The zero-order valence-electron chi connectivity index (χ0n) is 18.3. The Labute approximate surface area is 182 Å². The predicted octanol–water partition coefficient (Wildman–Crippen LogP) is 3.43. The van der Waals surface area contributed by atoms with E-state index < -0.39 is 6.04 Å². The zero-order valence-corrected chi connectivity index (χ0v) is 18.3. The lowest BCUT2D eigenvalue weighted by Gasteiger charge is -2.12. The molecule has 2 N–H and O–H groups in total. The van der Waals surface area contributed by atoms with Gasteiger partial charge in [0.1, 0.15) is 11.8 Å². The fraction of sp³-hybridized carbons (Fsp3) is 0.292. The summed E-state index contributed by atoms with van der Waals surface area (Å²) in [4.78, 5) is 24.5. The molecule has 3 aromatic rings. The Morgan fingerprint density at radius 1 is 1.10 bits per heavy atom. The van der Waals surface area contributed by atoms with Gasteiger partial charge in [-0.2, -0.15) is 5.10 Å². The molecule has 2 amide bonds. The van der Waals surface area contributed by atoms with Crippen LogP contribution in [0.4, 0.5) is 0 Å². The molecule has 1 aromatic heterocycles. The van der Waals surface area contributed by atoms with Crippen molar-refractivity contribution in [3.05, 3.63) is 65.9 Å². The van der Waals surface area contributed by atoms with Crippen LogP contribution in [0.15, 0.2) is 59.8 Å². The van der Waals surface area contributed by atoms with Gasteiger partial charge in [-0.1, -0.05) is 30.3 Å². The molecule has 0 spiro atoms. The molecular weight excluding hydrogens is 392 g/mol. The Bertz CT molecular complexity index is 1080. The second-order valence-electron chi connectivity index (χ2n) is 7.65. The third-order valence-electron chi connectivity index (χ3n) is 5.00. The number of amides is 2. The standard InChI is InChI=1S/C24H28N4O3/c1-16(2)28-15-19(21-7-5-6-8-22(21)28)14-25-27-24(30)17(3)26-23(29)13-18-9-11-20(31-4)12-10-18/h5-12,14-17H,13H2,1-4H3,(H,26,29)(H,27,30)/b25-14-/t17-/m0/s1. The van der Waals surface area contributed by atoms with Crippen LogP contribution in [-0.4, -0.2) is 35.7 Å². The highest BCUT2D eigenvalue weighted by atomic mass is 16.5. The average Bonchev–Trinajstić information content (AvgIpc) is 3.13. The van der Waals surface area contributed by atoms with Crippen molar-refractivity contribution in [3.8, 4) is 5.75 Å². The number of nitrogens with zero attached hydrogens (tertiary/aromatic N) is 2. The number of nitrogens with one attached hydrogen (secondary N) is 2. The van der Waals surface area contributed by atoms with Gasteiger partial charge in [-0.15, -0.1) is 0 Å². The van der Waals surface area contributed by atoms with E-state index in [0.717, 1.165) is 27.8 Å². The molecule has 162 valence electrons. The summed E-state index contributed by atoms with van der Waals surface area (Å²) >= 11 is 0. The van der Waals surface area contributed by atoms with Crippen molar-refractivity contribution in [1.29, 1.82) is 0 Å². The first kappa shape index (κ1) is 22.1. The molecule has 0 saturated carbocycles. The number of hydrazone groups is 1. The van der Waals surface area contributed by atoms with Crippen molar-refractivity contribution in [2.45, 2.75) is 39.3 Å². The molecule has 0 fully saturated rings. The first-order valence-electron chi connectivity index (χ1n) is 10.2. The number of para-hydroxylation sites is 1. The van der Waals surface area contributed by atoms with Crippen LogP contribution in [0.3, 0.4) is 0 Å². The van der Waals surface area contributed by atoms with Gasteiger partial charge >= 0.3 is 0 Å². The molecule has 7 nitrogen and oxygen atoms in total. The van der Waals surface area contributed by atoms with Crippen molar-refractivity contribution in [3.63, 3.8) is 0 Å². The summed E-state index contributed by atoms with van der Waals surface area (Å²) in [5.74, 6) is 0.106. The maximum absolute atomic E-state index is 12.3. The first-order chi connectivity index (χ1) is 14.9. The lowest BCUT2D eigenvalue weighted by molar-refractivity contribution is -0.128. The number of hydrogen-bond acceptors (Lipinski definition) is 4. The van der Waals surface area contributed by atoms with E-state index in [0.29, 0.717) is 6.04 Å². The van der Waals surface area contributed by atoms with E-state index in [9.17, 15) is 9.59 Å². The second-order valence-corrected chi connectivity index (χ2v) is 7.65. The van der Waals surface area contributed by atoms with Crippen molar-refractivity contribution < 1.29 is 14.3 Å². The number of carbonyl (C=O) groups is 2. The number of carbonyl (C=O) groups excluding carboxylic acids is 2. The van der Waals surface area contributed by atoms with Gasteiger partial charge in [0.25, 0.3) is 5.91 Å². The van der Waals surface area contributed by atoms with Gasteiger partial charge in [0, 0.05) is 28.7 Å². The van der Waals surface area contributed by atoms with Crippen molar-refractivity contribution in [2.24, 2.45) is 5.10 Å². The van der Waals surface area contributed by atoms with Gasteiger partial charge in [0.2, 0.25) is 5.91 Å². The summed E-state index contributed by atoms with van der Waals surface area (Å²) in [5, 5.41) is 7.85. The maximum atomic E-state index is 12.3. The minimum absolute atomic E-state index is 0.180. The van der Waals surface area contributed by atoms with Gasteiger partial charge in [-0.25, -0.2) is 5.43 Å². The topological polar surface area (TPSA) is 84.7 Å². The largest absolute Gasteiger partial charge is 0.497 e. The molecular formula is C24H28N4O3. The van der Waals surface area contributed by atoms with Gasteiger partial charge in [0.05, 0.1) is 19.7 Å². The summed E-state index contributed by atoms with van der Waals surface area (Å²) in [6, 6.07) is 14.9. The quantitative estimate of drug-likeness (QED) is 0.433. The normalized spacial score (nSPS) is 12.3. The SMILES string of the molecule is COc1ccc(CC(=O)N[C@@H](C)C(=O)N/N=C\c2cn(C(C)C)c3ccccc23)cc1. The highest BCUT2D eigenvalue weighted by Crippen LogP contribution is 2.23. The molecule has 0 aliphatic rings. The summed E-state index contributed by atoms with van der Waals surface area (Å²) in [6.45, 7) is 5.86. The number of methoxy groups -OCH3 is 1. The number of benzene rings is 2. The summed E-state index contributed by atoms with van der Waals surface area (Å²) in [7, 11) is 1.59. The fourth-order valence-corrected chi connectivity index (χ4v) is 3.31. The maximum Gasteiger partial charge on any atom is 0.262 e. The van der Waals surface area contributed by atoms with Crippen LogP contribution in [0.25, 0.3) is 10.9 Å². The minimum Gasteiger partial charge on any atom is -0.497 e. The van der Waals surface area contributed by atoms with E-state index in [1.54, 1.807) is 32.4 Å². The molecule has 0 unspecified atom stereocenters. The van der Waals surface area contributed by atoms with Crippen LogP contribution in [0.2, 0.25) is 0 Å². The van der Waals surface area contributed by atoms with E-state index in [-0.39, 0.29) is 18.2 Å². The van der Waals surface area contributed by atoms with E-state index >= 15 is 0 Å². The number of aromatic nitrogens is 1. The molecule has 2 aromatic carbocycles. The highest BCUT2D eigenvalue weighted by molar-refractivity contribution is 6.00. The number of hydrogen-bond donors (Lipinski definition) is 2. The predicted molar refractivity (Wildman–Crippen MR) is 122 cm³/mol. The molecule has 0 aliphatic carbocycles. The van der Waals surface area contributed by atoms with Crippen molar-refractivity contribution in [1.82, 2.24) is 15.3 Å². The van der Waals surface area contributed by atoms with Crippen molar-refractivity contribution in [2.75, 3.05) is 7.11 Å². The van der Waals surface area contributed by atoms with E-state index in [1.807, 2.05) is 36.5 Å². The zero-order chi connectivity index (χ0) is 22.4. The van der Waals surface area contributed by atoms with Gasteiger partial charge in [-0.3, -0.25) is 9.59 Å². The lowest BCUT2D eigenvalue weighted by atomic mass is 10.1. The Morgan fingerprint density at radius 3 is 2.48 bits per heavy atom. The van der Waals surface area contributed by atoms with E-state index in [1.165, 1.54) is 0 Å². The molecule has 0 aliphatic heterocycles. The van der Waals surface area contributed by atoms with Crippen LogP contribution < -0.4 is 15.5 Å². The van der Waals surface area contributed by atoms with Crippen LogP contribution in [-0.2, 0) is 16.0 Å². The summed E-state index contributed by atoms with van der Waals surface area (Å²) in [5.41, 5.74) is 5.38. The van der Waals surface area contributed by atoms with Crippen LogP contribution in [0.5, 0.6) is 5.75 Å². The third-order valence-corrected chi connectivity index (χ3v) is 5.00. The highest BCUT2D eigenvalue weighted by Gasteiger charge is 2.15. The Morgan fingerprint density at radius 2 is 1.81 bits per heavy atom. The first-order valence-corrected chi connectivity index (χ1v) is 10.2. The van der Waals surface area contributed by atoms with Crippen molar-refractivity contribution >= 4 is 28.9 Å². The molecule has 3 rings (SSSR count). The van der Waals surface area contributed by atoms with Gasteiger partial charge < -0.3 is 14.6 Å². The molecule has 1 atom stereocenters. The Balaban J connectivity index is 1.57. The third kappa shape index (κ3) is 5.51. The molecule has 0 saturated heterocycles. The molecule has 7 heteroatoms. The Hall–Kier alpha value is -3.61. The second kappa shape index (κ2) is 9.93. The molecule has 0 radical (unpaired) electrons. The number of ether oxygens (including phenoxy) is 1. The summed E-state index contributed by atoms with van der Waals surface area (Å²) < 4.78 is 7.28. The smallest absolute Gasteiger partial charge is 0.262 e. The van der Waals surface area contributed by atoms with Crippen LogP contribution in [0, 0.1) is 0 Å². The molecule has 31 heavy (non-hydrogen) atoms.